The molecule has 5 nitrogen and oxygen atoms in total. The van der Waals surface area contributed by atoms with E-state index in [1.54, 1.807) is 24.3 Å². The molecule has 0 unspecified atom stereocenters. The van der Waals surface area contributed by atoms with Gasteiger partial charge < -0.3 is 14.2 Å². The molecule has 0 amide bonds. The summed E-state index contributed by atoms with van der Waals surface area (Å²) in [5, 5.41) is 0.363. The quantitative estimate of drug-likeness (QED) is 0.172. The van der Waals surface area contributed by atoms with Gasteiger partial charge in [0.05, 0.1) is 11.6 Å². The summed E-state index contributed by atoms with van der Waals surface area (Å²) in [6.07, 6.45) is 3.22. The summed E-state index contributed by atoms with van der Waals surface area (Å²) >= 11 is 12.0. The molecule has 0 saturated carbocycles. The van der Waals surface area contributed by atoms with E-state index in [4.69, 9.17) is 25.8 Å². The molecule has 1 aliphatic heterocycles. The van der Waals surface area contributed by atoms with Gasteiger partial charge in [-0.2, -0.15) is 0 Å². The van der Waals surface area contributed by atoms with E-state index in [-0.39, 0.29) is 11.6 Å². The topological polar surface area (TPSA) is 57.1 Å². The van der Waals surface area contributed by atoms with Crippen molar-refractivity contribution in [3.8, 4) is 11.5 Å². The summed E-state index contributed by atoms with van der Waals surface area (Å²) in [7, 11) is 0. The number of ether oxygens (including phenoxy) is 3. The third kappa shape index (κ3) is 5.21. The lowest BCUT2D eigenvalue weighted by Crippen LogP contribution is -2.05. The zero-order valence-electron chi connectivity index (χ0n) is 15.4. The molecule has 0 aromatic heterocycles. The van der Waals surface area contributed by atoms with Crippen molar-refractivity contribution in [2.75, 3.05) is 13.2 Å². The van der Waals surface area contributed by atoms with E-state index in [1.165, 1.54) is 0 Å². The molecule has 1 aliphatic rings. The highest BCUT2D eigenvalue weighted by atomic mass is 127. The third-order valence-electron chi connectivity index (χ3n) is 3.77. The van der Waals surface area contributed by atoms with Crippen molar-refractivity contribution in [3.63, 3.8) is 0 Å². The molecule has 0 fully saturated rings. The summed E-state index contributed by atoms with van der Waals surface area (Å²) in [4.78, 5) is 16.6. The fraction of sp³-hybridized carbons (Fsp3) is 0.143. The van der Waals surface area contributed by atoms with Crippen molar-refractivity contribution in [2.24, 2.45) is 4.99 Å². The molecule has 150 valence electrons. The van der Waals surface area contributed by atoms with E-state index in [1.807, 2.05) is 25.1 Å². The fourth-order valence-electron chi connectivity index (χ4n) is 2.54. The molecule has 0 N–H and O–H groups in total. The number of cyclic esters (lactones) is 1. The van der Waals surface area contributed by atoms with Crippen molar-refractivity contribution in [1.29, 1.82) is 0 Å². The predicted molar refractivity (Wildman–Crippen MR) is 126 cm³/mol. The number of aliphatic imine (C=N–C) groups is 1. The van der Waals surface area contributed by atoms with Crippen molar-refractivity contribution >= 4 is 68.1 Å². The molecule has 2 aromatic rings. The molecular formula is C21H16BrClINO4. The Morgan fingerprint density at radius 1 is 1.31 bits per heavy atom. The molecular weight excluding hydrogens is 572 g/mol. The molecule has 8 heteroatoms. The largest absolute Gasteiger partial charge is 0.490 e. The van der Waals surface area contributed by atoms with Crippen molar-refractivity contribution < 1.29 is 19.0 Å². The first-order valence-electron chi connectivity index (χ1n) is 8.61. The molecule has 0 bridgehead atoms. The maximum atomic E-state index is 12.3. The number of rotatable bonds is 7. The van der Waals surface area contributed by atoms with Crippen LogP contribution in [0.2, 0.25) is 5.02 Å². The van der Waals surface area contributed by atoms with Gasteiger partial charge in [-0.15, -0.1) is 0 Å². The minimum absolute atomic E-state index is 0.174. The van der Waals surface area contributed by atoms with E-state index < -0.39 is 5.97 Å². The standard InChI is InChI=1S/C21H16BrClINO4/c1-3-7-28-19-15(23)8-12(10-18(19)27-4-2)9-17-21(26)29-20(25-17)13-5-6-16(24)14(22)11-13/h3,5-6,8-11H,1,4,7H2,2H3/b17-9-. The average molecular weight is 589 g/mol. The Labute approximate surface area is 195 Å². The number of hydrogen-bond donors (Lipinski definition) is 0. The van der Waals surface area contributed by atoms with Gasteiger partial charge in [0.15, 0.2) is 17.2 Å². The number of halogens is 3. The summed E-state index contributed by atoms with van der Waals surface area (Å²) in [6, 6.07) is 9.03. The molecule has 29 heavy (non-hydrogen) atoms. The zero-order chi connectivity index (χ0) is 21.0. The summed E-state index contributed by atoms with van der Waals surface area (Å²) in [5.41, 5.74) is 1.52. The van der Waals surface area contributed by atoms with E-state index >= 15 is 0 Å². The summed E-state index contributed by atoms with van der Waals surface area (Å²) < 4.78 is 18.5. The van der Waals surface area contributed by atoms with Crippen LogP contribution in [-0.2, 0) is 9.53 Å². The molecule has 0 saturated heterocycles. The first-order valence-corrected chi connectivity index (χ1v) is 10.9. The van der Waals surface area contributed by atoms with Crippen LogP contribution in [-0.4, -0.2) is 25.1 Å². The maximum Gasteiger partial charge on any atom is 0.363 e. The minimum atomic E-state index is -0.532. The Morgan fingerprint density at radius 3 is 2.79 bits per heavy atom. The molecule has 2 aromatic carbocycles. The van der Waals surface area contributed by atoms with Gasteiger partial charge in [0.2, 0.25) is 5.90 Å². The number of nitrogens with zero attached hydrogens (tertiary/aromatic N) is 1. The smallest absolute Gasteiger partial charge is 0.363 e. The lowest BCUT2D eigenvalue weighted by Gasteiger charge is -2.13. The highest BCUT2D eigenvalue weighted by Gasteiger charge is 2.25. The lowest BCUT2D eigenvalue weighted by molar-refractivity contribution is -0.129. The van der Waals surface area contributed by atoms with Gasteiger partial charge >= 0.3 is 5.97 Å². The summed E-state index contributed by atoms with van der Waals surface area (Å²) in [6.45, 7) is 6.23. The van der Waals surface area contributed by atoms with Crippen LogP contribution in [0, 0.1) is 3.57 Å². The first kappa shape index (κ1) is 21.9. The van der Waals surface area contributed by atoms with Crippen LogP contribution in [0.4, 0.5) is 0 Å². The Hall–Kier alpha value is -1.84. The van der Waals surface area contributed by atoms with Crippen LogP contribution in [0.3, 0.4) is 0 Å². The number of esters is 1. The second-order valence-corrected chi connectivity index (χ2v) is 8.25. The minimum Gasteiger partial charge on any atom is -0.490 e. The first-order chi connectivity index (χ1) is 13.9. The fourth-order valence-corrected chi connectivity index (χ4v) is 3.52. The van der Waals surface area contributed by atoms with Gasteiger partial charge in [0.25, 0.3) is 0 Å². The zero-order valence-corrected chi connectivity index (χ0v) is 19.9. The van der Waals surface area contributed by atoms with Gasteiger partial charge in [0.1, 0.15) is 6.61 Å². The van der Waals surface area contributed by atoms with Crippen LogP contribution in [0.25, 0.3) is 6.08 Å². The maximum absolute atomic E-state index is 12.3. The number of carbonyl (C=O) groups is 1. The van der Waals surface area contributed by atoms with Gasteiger partial charge in [-0.3, -0.25) is 0 Å². The Bertz CT molecular complexity index is 1040. The summed E-state index contributed by atoms with van der Waals surface area (Å²) in [5.74, 6) is 0.625. The van der Waals surface area contributed by atoms with Gasteiger partial charge in [-0.1, -0.05) is 24.3 Å². The van der Waals surface area contributed by atoms with Crippen molar-refractivity contribution in [3.05, 3.63) is 72.9 Å². The predicted octanol–water partition coefficient (Wildman–Crippen LogP) is 6.02. The van der Waals surface area contributed by atoms with Crippen molar-refractivity contribution in [1.82, 2.24) is 0 Å². The monoisotopic (exact) mass is 587 g/mol. The van der Waals surface area contributed by atoms with Crippen LogP contribution < -0.4 is 9.47 Å². The van der Waals surface area contributed by atoms with E-state index in [0.29, 0.717) is 40.9 Å². The van der Waals surface area contributed by atoms with E-state index in [2.05, 4.69) is 50.1 Å². The molecule has 0 radical (unpaired) electrons. The Morgan fingerprint density at radius 2 is 2.10 bits per heavy atom. The highest BCUT2D eigenvalue weighted by molar-refractivity contribution is 14.1. The van der Waals surface area contributed by atoms with Gasteiger partial charge in [-0.05, 0) is 87.4 Å². The van der Waals surface area contributed by atoms with Gasteiger partial charge in [-0.25, -0.2) is 9.79 Å². The number of hydrogen-bond acceptors (Lipinski definition) is 5. The molecule has 3 rings (SSSR count). The van der Waals surface area contributed by atoms with Gasteiger partial charge in [0, 0.05) is 13.6 Å². The number of carbonyl (C=O) groups excluding carboxylic acids is 1. The highest BCUT2D eigenvalue weighted by Crippen LogP contribution is 2.37. The second kappa shape index (κ2) is 9.77. The van der Waals surface area contributed by atoms with Crippen LogP contribution in [0.15, 0.2) is 58.1 Å². The van der Waals surface area contributed by atoms with Crippen molar-refractivity contribution in [2.45, 2.75) is 6.92 Å². The lowest BCUT2D eigenvalue weighted by atomic mass is 10.1. The molecule has 1 heterocycles. The molecule has 0 spiro atoms. The Balaban J connectivity index is 1.96. The Kier molecular flexibility index (Phi) is 7.37. The average Bonchev–Trinajstić information content (AvgIpc) is 3.04. The SMILES string of the molecule is C=CCOc1c(Cl)cc(/C=C2\N=C(c3ccc(I)c(Br)c3)OC2=O)cc1OCC. The second-order valence-electron chi connectivity index (χ2n) is 5.83. The van der Waals surface area contributed by atoms with Crippen LogP contribution >= 0.6 is 50.1 Å². The van der Waals surface area contributed by atoms with E-state index in [9.17, 15) is 4.79 Å². The van der Waals surface area contributed by atoms with Crippen LogP contribution in [0.5, 0.6) is 11.5 Å². The molecule has 0 aliphatic carbocycles. The molecule has 0 atom stereocenters. The number of benzene rings is 2. The van der Waals surface area contributed by atoms with E-state index in [0.717, 1.165) is 8.04 Å². The normalized spacial score (nSPS) is 14.6. The van der Waals surface area contributed by atoms with Crippen LogP contribution in [0.1, 0.15) is 18.1 Å². The third-order valence-corrected chi connectivity index (χ3v) is 6.39.